The van der Waals surface area contributed by atoms with Crippen LogP contribution in [0.5, 0.6) is 11.5 Å². The number of hydrogen-bond acceptors (Lipinski definition) is 5. The summed E-state index contributed by atoms with van der Waals surface area (Å²) in [7, 11) is -4.30. The van der Waals surface area contributed by atoms with Crippen LogP contribution < -0.4 is 19.5 Å². The molecule has 33 heavy (non-hydrogen) atoms. The Morgan fingerprint density at radius 2 is 1.45 bits per heavy atom. The number of ether oxygens (including phenoxy) is 2. The number of benzene rings is 2. The van der Waals surface area contributed by atoms with Crippen molar-refractivity contribution in [2.24, 2.45) is 0 Å². The summed E-state index contributed by atoms with van der Waals surface area (Å²) in [4.78, 5) is 11.2. The number of halogens is 6. The van der Waals surface area contributed by atoms with Gasteiger partial charge in [0.15, 0.2) is 13.2 Å². The number of fused-ring (bicyclic) bond motifs is 1. The van der Waals surface area contributed by atoms with E-state index in [4.69, 9.17) is 0 Å². The van der Waals surface area contributed by atoms with Gasteiger partial charge in [-0.2, -0.15) is 26.3 Å². The lowest BCUT2D eigenvalue weighted by Gasteiger charge is -2.18. The average Bonchev–Trinajstić information content (AvgIpc) is 2.69. The van der Waals surface area contributed by atoms with Crippen LogP contribution in [-0.2, 0) is 21.2 Å². The Balaban J connectivity index is 1.87. The van der Waals surface area contributed by atoms with E-state index in [1.54, 1.807) is 0 Å². The van der Waals surface area contributed by atoms with Crippen LogP contribution in [0.1, 0.15) is 12.0 Å². The first kappa shape index (κ1) is 24.5. The molecular weight excluding hydrogens is 482 g/mol. The molecule has 0 spiro atoms. The summed E-state index contributed by atoms with van der Waals surface area (Å²) in [6.07, 6.45) is -9.02. The van der Waals surface area contributed by atoms with Crippen molar-refractivity contribution < 1.29 is 49.0 Å². The van der Waals surface area contributed by atoms with Crippen molar-refractivity contribution in [2.45, 2.75) is 30.1 Å². The molecule has 0 fully saturated rings. The highest BCUT2D eigenvalue weighted by atomic mass is 32.2. The number of amides is 1. The zero-order chi connectivity index (χ0) is 24.4. The van der Waals surface area contributed by atoms with Crippen LogP contribution in [0.3, 0.4) is 0 Å². The minimum Gasteiger partial charge on any atom is -0.484 e. The molecule has 1 heterocycles. The van der Waals surface area contributed by atoms with Crippen LogP contribution in [-0.4, -0.2) is 39.9 Å². The predicted octanol–water partition coefficient (Wildman–Crippen LogP) is 4.25. The van der Waals surface area contributed by atoms with Gasteiger partial charge in [-0.3, -0.25) is 9.52 Å². The lowest BCUT2D eigenvalue weighted by atomic mass is 10.0. The number of anilines is 2. The van der Waals surface area contributed by atoms with Crippen LogP contribution in [0.25, 0.3) is 0 Å². The number of carbonyl (C=O) groups excluding carboxylic acids is 1. The number of aryl methyl sites for hydroxylation is 1. The molecule has 7 nitrogen and oxygen atoms in total. The van der Waals surface area contributed by atoms with Gasteiger partial charge in [-0.1, -0.05) is 0 Å². The first-order valence-electron chi connectivity index (χ1n) is 9.20. The van der Waals surface area contributed by atoms with Gasteiger partial charge in [0.2, 0.25) is 5.91 Å². The third-order valence-corrected chi connectivity index (χ3v) is 5.60. The van der Waals surface area contributed by atoms with E-state index in [2.05, 4.69) is 19.5 Å². The van der Waals surface area contributed by atoms with Crippen LogP contribution in [0, 0.1) is 0 Å². The molecule has 1 amide bonds. The first-order valence-corrected chi connectivity index (χ1v) is 10.7. The van der Waals surface area contributed by atoms with Gasteiger partial charge in [0.25, 0.3) is 10.0 Å². The fourth-order valence-electron chi connectivity index (χ4n) is 2.87. The molecule has 0 saturated heterocycles. The number of rotatable bonds is 7. The Kier molecular flexibility index (Phi) is 6.68. The van der Waals surface area contributed by atoms with Crippen LogP contribution in [0.2, 0.25) is 0 Å². The summed E-state index contributed by atoms with van der Waals surface area (Å²) < 4.78 is 111. The van der Waals surface area contributed by atoms with Crippen LogP contribution in [0.4, 0.5) is 37.7 Å². The van der Waals surface area contributed by atoms with Gasteiger partial charge in [0.05, 0.1) is 10.6 Å². The number of sulfonamides is 1. The third-order valence-electron chi connectivity index (χ3n) is 4.22. The van der Waals surface area contributed by atoms with Gasteiger partial charge < -0.3 is 14.8 Å². The highest BCUT2D eigenvalue weighted by molar-refractivity contribution is 7.92. The Morgan fingerprint density at radius 3 is 2.00 bits per heavy atom. The highest BCUT2D eigenvalue weighted by Gasteiger charge is 2.30. The molecule has 0 bridgehead atoms. The fourth-order valence-corrected chi connectivity index (χ4v) is 3.96. The summed E-state index contributed by atoms with van der Waals surface area (Å²) in [5, 5.41) is 2.58. The molecule has 0 aliphatic carbocycles. The zero-order valence-corrected chi connectivity index (χ0v) is 17.3. The maximum atomic E-state index is 12.8. The standard InChI is InChI=1S/C19H16F6N2O5S/c20-18(21,22)9-31-13-6-12(7-14(8-13)32-10-19(23,24)25)27-33(29,30)15-2-3-16-11(5-15)1-4-17(28)26-16/h2-3,5-8,27H,1,4,9-10H2,(H,26,28). The minimum absolute atomic E-state index is 0.155. The second-order valence-corrected chi connectivity index (χ2v) is 8.66. The minimum atomic E-state index is -4.74. The lowest BCUT2D eigenvalue weighted by Crippen LogP contribution is -2.21. The van der Waals surface area contributed by atoms with Gasteiger partial charge in [-0.25, -0.2) is 8.42 Å². The Bertz CT molecular complexity index is 1110. The maximum absolute atomic E-state index is 12.8. The number of hydrogen-bond donors (Lipinski definition) is 2. The van der Waals surface area contributed by atoms with Gasteiger partial charge in [0, 0.05) is 30.3 Å². The molecule has 2 aromatic rings. The molecule has 1 aliphatic heterocycles. The van der Waals surface area contributed by atoms with E-state index in [0.29, 0.717) is 17.7 Å². The highest BCUT2D eigenvalue weighted by Crippen LogP contribution is 2.31. The van der Waals surface area contributed by atoms with Crippen molar-refractivity contribution in [1.82, 2.24) is 0 Å². The Hall–Kier alpha value is -3.16. The van der Waals surface area contributed by atoms with Crippen molar-refractivity contribution in [3.8, 4) is 11.5 Å². The van der Waals surface area contributed by atoms with Gasteiger partial charge >= 0.3 is 12.4 Å². The molecule has 14 heteroatoms. The molecule has 3 rings (SSSR count). The SMILES string of the molecule is O=C1CCc2cc(S(=O)(=O)Nc3cc(OCC(F)(F)F)cc(OCC(F)(F)F)c3)ccc2N1. The molecule has 0 radical (unpaired) electrons. The predicted molar refractivity (Wildman–Crippen MR) is 104 cm³/mol. The molecule has 180 valence electrons. The van der Waals surface area contributed by atoms with Crippen LogP contribution >= 0.6 is 0 Å². The van der Waals surface area contributed by atoms with E-state index in [9.17, 15) is 39.6 Å². The topological polar surface area (TPSA) is 93.7 Å². The summed E-state index contributed by atoms with van der Waals surface area (Å²) in [5.74, 6) is -1.34. The lowest BCUT2D eigenvalue weighted by molar-refractivity contribution is -0.153. The smallest absolute Gasteiger partial charge is 0.422 e. The van der Waals surface area contributed by atoms with E-state index in [1.807, 2.05) is 0 Å². The van der Waals surface area contributed by atoms with E-state index in [-0.39, 0.29) is 22.9 Å². The van der Waals surface area contributed by atoms with Gasteiger partial charge in [0.1, 0.15) is 11.5 Å². The van der Waals surface area contributed by atoms with Gasteiger partial charge in [-0.15, -0.1) is 0 Å². The quantitative estimate of drug-likeness (QED) is 0.557. The van der Waals surface area contributed by atoms with Gasteiger partial charge in [-0.05, 0) is 30.2 Å². The van der Waals surface area contributed by atoms with Crippen molar-refractivity contribution in [2.75, 3.05) is 23.3 Å². The molecule has 0 saturated carbocycles. The average molecular weight is 498 g/mol. The molecule has 0 unspecified atom stereocenters. The molecule has 1 aliphatic rings. The van der Waals surface area contributed by atoms with E-state index in [0.717, 1.165) is 18.2 Å². The maximum Gasteiger partial charge on any atom is 0.422 e. The molecule has 0 aromatic heterocycles. The Labute approximate surface area is 183 Å². The number of alkyl halides is 6. The molecule has 2 aromatic carbocycles. The molecular formula is C19H16F6N2O5S. The zero-order valence-electron chi connectivity index (χ0n) is 16.5. The second-order valence-electron chi connectivity index (χ2n) is 6.97. The summed E-state index contributed by atoms with van der Waals surface area (Å²) in [6, 6.07) is 6.41. The summed E-state index contributed by atoms with van der Waals surface area (Å²) >= 11 is 0. The van der Waals surface area contributed by atoms with E-state index < -0.39 is 47.1 Å². The van der Waals surface area contributed by atoms with Crippen molar-refractivity contribution >= 4 is 27.3 Å². The number of nitrogens with one attached hydrogen (secondary N) is 2. The van der Waals surface area contributed by atoms with Crippen LogP contribution in [0.15, 0.2) is 41.3 Å². The summed E-state index contributed by atoms with van der Waals surface area (Å²) in [5.41, 5.74) is 0.613. The Morgan fingerprint density at radius 1 is 0.879 bits per heavy atom. The summed E-state index contributed by atoms with van der Waals surface area (Å²) in [6.45, 7) is -3.50. The van der Waals surface area contributed by atoms with E-state index in [1.165, 1.54) is 18.2 Å². The fraction of sp³-hybridized carbons (Fsp3) is 0.316. The monoisotopic (exact) mass is 498 g/mol. The second kappa shape index (κ2) is 9.00. The largest absolute Gasteiger partial charge is 0.484 e. The normalized spacial score (nSPS) is 14.3. The van der Waals surface area contributed by atoms with Crippen molar-refractivity contribution in [1.29, 1.82) is 0 Å². The first-order chi connectivity index (χ1) is 15.2. The van der Waals surface area contributed by atoms with E-state index >= 15 is 0 Å². The van der Waals surface area contributed by atoms with Crippen molar-refractivity contribution in [3.63, 3.8) is 0 Å². The number of carbonyl (C=O) groups is 1. The molecule has 0 atom stereocenters. The third kappa shape index (κ3) is 7.17. The molecule has 2 N–H and O–H groups in total. The van der Waals surface area contributed by atoms with Crippen molar-refractivity contribution in [3.05, 3.63) is 42.0 Å².